The second-order valence-corrected chi connectivity index (χ2v) is 5.20. The molecule has 4 rings (SSSR count). The van der Waals surface area contributed by atoms with E-state index in [4.69, 9.17) is 0 Å². The van der Waals surface area contributed by atoms with Crippen LogP contribution in [0.3, 0.4) is 0 Å². The van der Waals surface area contributed by atoms with Gasteiger partial charge in [0.1, 0.15) is 17.7 Å². The van der Waals surface area contributed by atoms with Gasteiger partial charge in [0.05, 0.1) is 24.5 Å². The fraction of sp³-hybridized carbons (Fsp3) is 0.357. The Balaban J connectivity index is 1.72. The lowest BCUT2D eigenvalue weighted by molar-refractivity contribution is 0.230. The smallest absolute Gasteiger partial charge is 0.169 e. The van der Waals surface area contributed by atoms with E-state index in [1.165, 1.54) is 0 Å². The van der Waals surface area contributed by atoms with E-state index in [1.807, 2.05) is 10.7 Å². The maximum atomic E-state index is 9.23. The predicted octanol–water partition coefficient (Wildman–Crippen LogP) is 1.62. The molecule has 1 aliphatic carbocycles. The quantitative estimate of drug-likeness (QED) is 0.901. The molecule has 0 unspecified atom stereocenters. The van der Waals surface area contributed by atoms with Gasteiger partial charge in [0.2, 0.25) is 0 Å². The van der Waals surface area contributed by atoms with Crippen LogP contribution in [-0.2, 0) is 6.54 Å². The lowest BCUT2D eigenvalue weighted by Crippen LogP contribution is -2.30. The third-order valence-electron chi connectivity index (χ3n) is 4.13. The molecule has 3 heterocycles. The number of fused-ring (bicyclic) bond motifs is 1. The van der Waals surface area contributed by atoms with Crippen LogP contribution in [0.4, 0.5) is 5.82 Å². The van der Waals surface area contributed by atoms with E-state index >= 15 is 0 Å². The summed E-state index contributed by atoms with van der Waals surface area (Å²) in [6, 6.07) is 4.17. The summed E-state index contributed by atoms with van der Waals surface area (Å²) in [5, 5.41) is 16.8. The van der Waals surface area contributed by atoms with Crippen molar-refractivity contribution in [3.8, 4) is 6.07 Å². The Morgan fingerprint density at radius 3 is 2.86 bits per heavy atom. The first-order chi connectivity index (χ1) is 10.4. The van der Waals surface area contributed by atoms with Crippen LogP contribution >= 0.6 is 0 Å². The van der Waals surface area contributed by atoms with Crippen LogP contribution in [0, 0.1) is 11.3 Å². The van der Waals surface area contributed by atoms with Crippen LogP contribution in [0.15, 0.2) is 23.5 Å². The van der Waals surface area contributed by atoms with E-state index in [2.05, 4.69) is 31.4 Å². The first-order valence-electron chi connectivity index (χ1n) is 6.91. The monoisotopic (exact) mass is 279 g/mol. The summed E-state index contributed by atoms with van der Waals surface area (Å²) < 4.78 is 1.92. The molecule has 0 radical (unpaired) electrons. The van der Waals surface area contributed by atoms with Crippen LogP contribution < -0.4 is 5.32 Å². The summed E-state index contributed by atoms with van der Waals surface area (Å²) in [5.41, 5.74) is 1.33. The number of aromatic nitrogens is 4. The van der Waals surface area contributed by atoms with Gasteiger partial charge in [-0.3, -0.25) is 4.99 Å². The number of nitrogens with one attached hydrogen (secondary N) is 1. The number of nitriles is 1. The lowest BCUT2D eigenvalue weighted by Gasteiger charge is -2.36. The van der Waals surface area contributed by atoms with Crippen molar-refractivity contribution in [2.75, 3.05) is 5.32 Å². The van der Waals surface area contributed by atoms with Crippen molar-refractivity contribution in [1.29, 1.82) is 5.26 Å². The molecule has 2 aromatic rings. The fourth-order valence-electron chi connectivity index (χ4n) is 2.92. The molecular formula is C14H13N7. The van der Waals surface area contributed by atoms with E-state index in [0.717, 1.165) is 30.0 Å². The Hall–Kier alpha value is -2.75. The Morgan fingerprint density at radius 2 is 2.14 bits per heavy atom. The third-order valence-corrected chi connectivity index (χ3v) is 4.13. The molecule has 0 saturated heterocycles. The molecule has 0 bridgehead atoms. The minimum Gasteiger partial charge on any atom is -0.331 e. The molecule has 1 N–H and O–H groups in total. The molecule has 21 heavy (non-hydrogen) atoms. The van der Waals surface area contributed by atoms with Crippen LogP contribution in [-0.4, -0.2) is 26.1 Å². The molecule has 0 aromatic carbocycles. The molecule has 7 nitrogen and oxygen atoms in total. The molecule has 0 amide bonds. The number of hydrogen-bond acceptors (Lipinski definition) is 6. The Morgan fingerprint density at radius 1 is 1.29 bits per heavy atom. The molecule has 2 aromatic heterocycles. The molecule has 7 heteroatoms. The fourth-order valence-corrected chi connectivity index (χ4v) is 2.92. The molecule has 1 saturated carbocycles. The molecule has 1 fully saturated rings. The van der Waals surface area contributed by atoms with Gasteiger partial charge in [-0.25, -0.2) is 14.6 Å². The summed E-state index contributed by atoms with van der Waals surface area (Å²) in [4.78, 5) is 12.9. The third kappa shape index (κ3) is 1.80. The van der Waals surface area contributed by atoms with Gasteiger partial charge in [0.15, 0.2) is 5.69 Å². The zero-order chi connectivity index (χ0) is 14.2. The van der Waals surface area contributed by atoms with Crippen LogP contribution in [0.25, 0.3) is 0 Å². The van der Waals surface area contributed by atoms with E-state index < -0.39 is 0 Å². The van der Waals surface area contributed by atoms with E-state index in [0.29, 0.717) is 12.2 Å². The molecule has 2 aliphatic rings. The second-order valence-electron chi connectivity index (χ2n) is 5.20. The van der Waals surface area contributed by atoms with Gasteiger partial charge in [-0.1, -0.05) is 0 Å². The second kappa shape index (κ2) is 4.66. The van der Waals surface area contributed by atoms with E-state index in [-0.39, 0.29) is 12.0 Å². The van der Waals surface area contributed by atoms with Gasteiger partial charge in [-0.15, -0.1) is 0 Å². The van der Waals surface area contributed by atoms with Crippen LogP contribution in [0.1, 0.15) is 41.9 Å². The predicted molar refractivity (Wildman–Crippen MR) is 75.8 cm³/mol. The molecule has 104 valence electrons. The summed E-state index contributed by atoms with van der Waals surface area (Å²) >= 11 is 0. The average Bonchev–Trinajstić information content (AvgIpc) is 2.86. The highest BCUT2D eigenvalue weighted by Gasteiger charge is 2.38. The summed E-state index contributed by atoms with van der Waals surface area (Å²) in [5.74, 6) is 1.98. The maximum Gasteiger partial charge on any atom is 0.169 e. The normalized spacial score (nSPS) is 22.8. The van der Waals surface area contributed by atoms with Crippen LogP contribution in [0.2, 0.25) is 0 Å². The highest BCUT2D eigenvalue weighted by atomic mass is 15.4. The Bertz CT molecular complexity index is 741. The zero-order valence-corrected chi connectivity index (χ0v) is 11.3. The number of aliphatic imine (C=N–C) groups is 1. The van der Waals surface area contributed by atoms with Gasteiger partial charge in [0.25, 0.3) is 0 Å². The van der Waals surface area contributed by atoms with Gasteiger partial charge in [0, 0.05) is 18.3 Å². The van der Waals surface area contributed by atoms with Crippen molar-refractivity contribution in [3.05, 3.63) is 35.5 Å². The van der Waals surface area contributed by atoms with Crippen molar-refractivity contribution < 1.29 is 0 Å². The summed E-state index contributed by atoms with van der Waals surface area (Å²) in [6.45, 7) is 0.504. The van der Waals surface area contributed by atoms with Gasteiger partial charge in [-0.05, 0) is 18.9 Å². The highest BCUT2D eigenvalue weighted by Crippen LogP contribution is 2.46. The molecule has 1 aliphatic heterocycles. The van der Waals surface area contributed by atoms with Crippen LogP contribution in [0.5, 0.6) is 0 Å². The van der Waals surface area contributed by atoms with Crippen molar-refractivity contribution in [1.82, 2.24) is 19.7 Å². The van der Waals surface area contributed by atoms with Crippen molar-refractivity contribution in [3.63, 3.8) is 0 Å². The molecule has 0 spiro atoms. The topological polar surface area (TPSA) is 91.8 Å². The van der Waals surface area contributed by atoms with Gasteiger partial charge in [-0.2, -0.15) is 10.4 Å². The number of nitrogens with zero attached hydrogens (tertiary/aromatic N) is 6. The first kappa shape index (κ1) is 12.0. The molecular weight excluding hydrogens is 266 g/mol. The van der Waals surface area contributed by atoms with Gasteiger partial charge >= 0.3 is 0 Å². The Labute approximate surface area is 121 Å². The van der Waals surface area contributed by atoms with E-state index in [1.54, 1.807) is 18.7 Å². The van der Waals surface area contributed by atoms with Crippen molar-refractivity contribution in [2.24, 2.45) is 4.99 Å². The lowest BCUT2D eigenvalue weighted by atomic mass is 9.79. The van der Waals surface area contributed by atoms with E-state index in [9.17, 15) is 5.26 Å². The summed E-state index contributed by atoms with van der Waals surface area (Å²) in [6.07, 6.45) is 7.25. The first-order valence-corrected chi connectivity index (χ1v) is 6.91. The number of rotatable bonds is 2. The molecule has 2 atom stereocenters. The van der Waals surface area contributed by atoms with Gasteiger partial charge < -0.3 is 5.32 Å². The average molecular weight is 279 g/mol. The largest absolute Gasteiger partial charge is 0.331 e. The highest BCUT2D eigenvalue weighted by molar-refractivity contribution is 5.78. The Kier molecular flexibility index (Phi) is 2.67. The SMILES string of the molecule is N#Cc1nn([C@@H]2CC[C@H]2c2ncccn2)c2c1CN=CN2. The summed E-state index contributed by atoms with van der Waals surface area (Å²) in [7, 11) is 0. The minimum absolute atomic E-state index is 0.197. The van der Waals surface area contributed by atoms with Crippen molar-refractivity contribution in [2.45, 2.75) is 31.3 Å². The number of hydrogen-bond donors (Lipinski definition) is 1. The number of anilines is 1. The van der Waals surface area contributed by atoms with Crippen molar-refractivity contribution >= 4 is 12.2 Å². The zero-order valence-electron chi connectivity index (χ0n) is 11.3. The standard InChI is InChI=1S/C14H13N7/c15-6-11-10-7-16-8-19-14(10)21(20-11)12-3-2-9(12)13-17-4-1-5-18-13/h1,4-5,8-9,12H,2-3,7H2,(H,16,19)/t9-,12-/m1/s1. The maximum absolute atomic E-state index is 9.23. The minimum atomic E-state index is 0.197.